The second-order valence-electron chi connectivity index (χ2n) is 2.31. The third kappa shape index (κ3) is 7.39. The second-order valence-corrected chi connectivity index (χ2v) is 2.31. The van der Waals surface area contributed by atoms with Crippen LogP contribution in [0.4, 0.5) is 0 Å². The molecule has 2 rings (SSSR count). The van der Waals surface area contributed by atoms with Crippen molar-refractivity contribution < 1.29 is 18.6 Å². The Morgan fingerprint density at radius 1 is 0.231 bits per heavy atom. The molecule has 0 atom stereocenters. The number of hydrogen-bond donors (Lipinski definition) is 0. The van der Waals surface area contributed by atoms with Crippen molar-refractivity contribution >= 4 is 0 Å². The number of hydrogen-bond acceptors (Lipinski definition) is 0. The molecular formula is C12H12V+2. The summed E-state index contributed by atoms with van der Waals surface area (Å²) in [7, 11) is 0. The molecule has 0 aliphatic rings. The van der Waals surface area contributed by atoms with Gasteiger partial charge in [-0.25, -0.2) is 0 Å². The van der Waals surface area contributed by atoms with E-state index in [0.29, 0.717) is 0 Å². The Morgan fingerprint density at radius 3 is 0.385 bits per heavy atom. The first-order valence-electron chi connectivity index (χ1n) is 4.00. The first-order chi connectivity index (χ1) is 6.00. The molecule has 2 aromatic rings. The van der Waals surface area contributed by atoms with Crippen LogP contribution in [0.2, 0.25) is 0 Å². The Hall–Kier alpha value is -0.976. The van der Waals surface area contributed by atoms with Gasteiger partial charge in [0, 0.05) is 0 Å². The Kier molecular flexibility index (Phi) is 8.43. The maximum Gasteiger partial charge on any atom is 2.00 e. The van der Waals surface area contributed by atoms with Crippen LogP contribution in [0, 0.1) is 0 Å². The first kappa shape index (κ1) is 12.0. The smallest absolute Gasteiger partial charge is 0.0623 e. The van der Waals surface area contributed by atoms with Crippen molar-refractivity contribution in [2.45, 2.75) is 0 Å². The first-order valence-corrected chi connectivity index (χ1v) is 4.00. The van der Waals surface area contributed by atoms with E-state index < -0.39 is 0 Å². The molecule has 1 heteroatoms. The van der Waals surface area contributed by atoms with Gasteiger partial charge in [-0.05, 0) is 0 Å². The van der Waals surface area contributed by atoms with E-state index in [-0.39, 0.29) is 18.6 Å². The fraction of sp³-hybridized carbons (Fsp3) is 0. The quantitative estimate of drug-likeness (QED) is 0.621. The molecule has 0 bridgehead atoms. The van der Waals surface area contributed by atoms with Crippen molar-refractivity contribution in [1.82, 2.24) is 0 Å². The van der Waals surface area contributed by atoms with E-state index in [1.54, 1.807) is 0 Å². The van der Waals surface area contributed by atoms with Gasteiger partial charge in [-0.1, -0.05) is 72.8 Å². The van der Waals surface area contributed by atoms with Crippen molar-refractivity contribution in [1.29, 1.82) is 0 Å². The van der Waals surface area contributed by atoms with Gasteiger partial charge in [-0.3, -0.25) is 0 Å². The number of rotatable bonds is 0. The summed E-state index contributed by atoms with van der Waals surface area (Å²) >= 11 is 0. The SMILES string of the molecule is [V+2].c1ccccc1.c1ccccc1. The average Bonchev–Trinajstić information content (AvgIpc) is 2.24. The summed E-state index contributed by atoms with van der Waals surface area (Å²) in [5.74, 6) is 0. The molecule has 13 heavy (non-hydrogen) atoms. The number of benzene rings is 2. The maximum atomic E-state index is 2.00. The standard InChI is InChI=1S/2C6H6.V/c2*1-2-4-6-5-3-1;/h2*1-6H;/q;;+2. The molecule has 2 aromatic carbocycles. The van der Waals surface area contributed by atoms with Gasteiger partial charge in [0.1, 0.15) is 0 Å². The topological polar surface area (TPSA) is 0 Å². The van der Waals surface area contributed by atoms with Gasteiger partial charge in [0.15, 0.2) is 0 Å². The zero-order chi connectivity index (χ0) is 8.49. The van der Waals surface area contributed by atoms with E-state index in [1.807, 2.05) is 72.8 Å². The van der Waals surface area contributed by atoms with Crippen molar-refractivity contribution in [3.8, 4) is 0 Å². The molecule has 0 aliphatic heterocycles. The fourth-order valence-corrected chi connectivity index (χ4v) is 0.770. The van der Waals surface area contributed by atoms with E-state index in [9.17, 15) is 0 Å². The fourth-order valence-electron chi connectivity index (χ4n) is 0.770. The molecule has 0 N–H and O–H groups in total. The predicted molar refractivity (Wildman–Crippen MR) is 52.9 cm³/mol. The molecular weight excluding hydrogens is 195 g/mol. The molecule has 0 fully saturated rings. The Bertz CT molecular complexity index is 181. The molecule has 0 nitrogen and oxygen atoms in total. The molecule has 0 spiro atoms. The van der Waals surface area contributed by atoms with Gasteiger partial charge in [-0.15, -0.1) is 0 Å². The van der Waals surface area contributed by atoms with Crippen molar-refractivity contribution in [2.75, 3.05) is 0 Å². The van der Waals surface area contributed by atoms with Gasteiger partial charge < -0.3 is 0 Å². The summed E-state index contributed by atoms with van der Waals surface area (Å²) in [6, 6.07) is 24.0. The maximum absolute atomic E-state index is 2.00. The Balaban J connectivity index is 0.000000206. The molecule has 1 radical (unpaired) electrons. The summed E-state index contributed by atoms with van der Waals surface area (Å²) < 4.78 is 0. The van der Waals surface area contributed by atoms with Crippen LogP contribution >= 0.6 is 0 Å². The molecule has 63 valence electrons. The van der Waals surface area contributed by atoms with Crippen LogP contribution in [0.1, 0.15) is 0 Å². The normalized spacial score (nSPS) is 7.38. The van der Waals surface area contributed by atoms with Gasteiger partial charge in [0.2, 0.25) is 0 Å². The largest absolute Gasteiger partial charge is 2.00 e. The average molecular weight is 207 g/mol. The van der Waals surface area contributed by atoms with Crippen LogP contribution in [0.25, 0.3) is 0 Å². The van der Waals surface area contributed by atoms with Crippen LogP contribution in [-0.2, 0) is 18.6 Å². The molecule has 0 unspecified atom stereocenters. The van der Waals surface area contributed by atoms with E-state index in [0.717, 1.165) is 0 Å². The minimum atomic E-state index is 0. The molecule has 0 heterocycles. The molecule has 0 aliphatic carbocycles. The van der Waals surface area contributed by atoms with Gasteiger partial charge in [0.05, 0.1) is 0 Å². The van der Waals surface area contributed by atoms with Crippen LogP contribution in [0.3, 0.4) is 0 Å². The summed E-state index contributed by atoms with van der Waals surface area (Å²) in [6.07, 6.45) is 0. The Labute approximate surface area is 91.5 Å². The summed E-state index contributed by atoms with van der Waals surface area (Å²) in [4.78, 5) is 0. The molecule has 0 aromatic heterocycles. The molecule has 0 saturated heterocycles. The van der Waals surface area contributed by atoms with E-state index >= 15 is 0 Å². The third-order valence-electron chi connectivity index (χ3n) is 1.33. The zero-order valence-electron chi connectivity index (χ0n) is 7.38. The summed E-state index contributed by atoms with van der Waals surface area (Å²) in [6.45, 7) is 0. The van der Waals surface area contributed by atoms with Crippen molar-refractivity contribution in [3.05, 3.63) is 72.8 Å². The predicted octanol–water partition coefficient (Wildman–Crippen LogP) is 3.37. The van der Waals surface area contributed by atoms with E-state index in [4.69, 9.17) is 0 Å². The second kappa shape index (κ2) is 9.12. The molecule has 0 saturated carbocycles. The Morgan fingerprint density at radius 2 is 0.308 bits per heavy atom. The van der Waals surface area contributed by atoms with Gasteiger partial charge in [0.25, 0.3) is 0 Å². The summed E-state index contributed by atoms with van der Waals surface area (Å²) in [5.41, 5.74) is 0. The van der Waals surface area contributed by atoms with E-state index in [2.05, 4.69) is 0 Å². The summed E-state index contributed by atoms with van der Waals surface area (Å²) in [5, 5.41) is 0. The van der Waals surface area contributed by atoms with Crippen molar-refractivity contribution in [2.24, 2.45) is 0 Å². The van der Waals surface area contributed by atoms with Crippen LogP contribution in [0.5, 0.6) is 0 Å². The van der Waals surface area contributed by atoms with Crippen molar-refractivity contribution in [3.63, 3.8) is 0 Å². The van der Waals surface area contributed by atoms with Crippen LogP contribution in [-0.4, -0.2) is 0 Å². The third-order valence-corrected chi connectivity index (χ3v) is 1.33. The minimum absolute atomic E-state index is 0. The van der Waals surface area contributed by atoms with Gasteiger partial charge in [-0.2, -0.15) is 0 Å². The molecule has 0 amide bonds. The van der Waals surface area contributed by atoms with E-state index in [1.165, 1.54) is 0 Å². The minimum Gasteiger partial charge on any atom is -0.0623 e. The van der Waals surface area contributed by atoms with Gasteiger partial charge >= 0.3 is 18.6 Å². The monoisotopic (exact) mass is 207 g/mol. The van der Waals surface area contributed by atoms with Crippen LogP contribution < -0.4 is 0 Å². The van der Waals surface area contributed by atoms with Crippen LogP contribution in [0.15, 0.2) is 72.8 Å². The zero-order valence-corrected chi connectivity index (χ0v) is 8.77.